The van der Waals surface area contributed by atoms with E-state index in [2.05, 4.69) is 31.1 Å². The lowest BCUT2D eigenvalue weighted by Crippen LogP contribution is -2.14. The number of nitrogens with zero attached hydrogens (tertiary/aromatic N) is 4. The van der Waals surface area contributed by atoms with E-state index in [1.165, 1.54) is 31.3 Å². The third-order valence-corrected chi connectivity index (χ3v) is 3.85. The summed E-state index contributed by atoms with van der Waals surface area (Å²) in [4.78, 5) is 4.92. The zero-order chi connectivity index (χ0) is 18.1. The predicted molar refractivity (Wildman–Crippen MR) is 87.9 cm³/mol. The second-order valence-electron chi connectivity index (χ2n) is 5.39. The van der Waals surface area contributed by atoms with Crippen LogP contribution >= 0.6 is 15.9 Å². The van der Waals surface area contributed by atoms with E-state index in [-0.39, 0.29) is 23.4 Å². The molecule has 0 radical (unpaired) electrons. The molecule has 130 valence electrons. The fourth-order valence-corrected chi connectivity index (χ4v) is 2.51. The molecule has 0 aliphatic carbocycles. The van der Waals surface area contributed by atoms with Crippen molar-refractivity contribution < 1.29 is 18.3 Å². The molecule has 0 bridgehead atoms. The normalized spacial score (nSPS) is 12.4. The lowest BCUT2D eigenvalue weighted by atomic mass is 10.0. The van der Waals surface area contributed by atoms with Gasteiger partial charge in [-0.3, -0.25) is 4.98 Å². The van der Waals surface area contributed by atoms with E-state index in [0.717, 1.165) is 4.80 Å². The highest BCUT2D eigenvalue weighted by Gasteiger charge is 2.22. The second kappa shape index (κ2) is 6.93. The van der Waals surface area contributed by atoms with Gasteiger partial charge in [-0.25, -0.2) is 8.78 Å². The Morgan fingerprint density at radius 1 is 1.08 bits per heavy atom. The maximum Gasteiger partial charge on any atom is 0.260 e. The van der Waals surface area contributed by atoms with E-state index in [1.54, 1.807) is 6.07 Å². The van der Waals surface area contributed by atoms with Gasteiger partial charge in [0.15, 0.2) is 17.3 Å². The van der Waals surface area contributed by atoms with Gasteiger partial charge in [-0.05, 0) is 47.1 Å². The summed E-state index contributed by atoms with van der Waals surface area (Å²) in [6.07, 6.45) is 0.647. The SMILES string of the molecule is CC(O)Cn1nc(F)c(-c2ccc(-c3ccc(Br)cn3)c(F)c2F)n1. The molecule has 9 heteroatoms. The van der Waals surface area contributed by atoms with Crippen molar-refractivity contribution >= 4 is 15.9 Å². The number of halogens is 4. The topological polar surface area (TPSA) is 63.8 Å². The van der Waals surface area contributed by atoms with Crippen LogP contribution in [0.25, 0.3) is 22.5 Å². The van der Waals surface area contributed by atoms with E-state index < -0.39 is 29.4 Å². The molecule has 0 amide bonds. The maximum atomic E-state index is 14.5. The molecule has 3 rings (SSSR count). The van der Waals surface area contributed by atoms with Crippen LogP contribution in [0, 0.1) is 17.6 Å². The van der Waals surface area contributed by atoms with Gasteiger partial charge in [0.2, 0.25) is 0 Å². The standard InChI is InChI=1S/C16H12BrF3N4O/c1-8(25)7-24-22-15(16(20)23-24)11-4-3-10(13(18)14(11)19)12-5-2-9(17)6-21-12/h2-6,8,25H,7H2,1H3. The molecular formula is C16H12BrF3N4O. The Morgan fingerprint density at radius 2 is 1.76 bits per heavy atom. The van der Waals surface area contributed by atoms with Crippen LogP contribution in [0.5, 0.6) is 0 Å². The summed E-state index contributed by atoms with van der Waals surface area (Å²) in [5.74, 6) is -3.45. The van der Waals surface area contributed by atoms with Crippen molar-refractivity contribution in [2.24, 2.45) is 0 Å². The quantitative estimate of drug-likeness (QED) is 0.711. The fourth-order valence-electron chi connectivity index (χ4n) is 2.28. The molecule has 1 atom stereocenters. The highest BCUT2D eigenvalue weighted by atomic mass is 79.9. The smallest absolute Gasteiger partial charge is 0.260 e. The van der Waals surface area contributed by atoms with E-state index in [9.17, 15) is 18.3 Å². The molecule has 1 aromatic carbocycles. The average molecular weight is 413 g/mol. The Kier molecular flexibility index (Phi) is 4.87. The zero-order valence-electron chi connectivity index (χ0n) is 12.9. The summed E-state index contributed by atoms with van der Waals surface area (Å²) in [5, 5.41) is 16.5. The van der Waals surface area contributed by atoms with Gasteiger partial charge in [0.1, 0.15) is 0 Å². The Labute approximate surface area is 149 Å². The van der Waals surface area contributed by atoms with E-state index in [0.29, 0.717) is 4.47 Å². The molecule has 1 unspecified atom stereocenters. The van der Waals surface area contributed by atoms with Crippen molar-refractivity contribution in [2.75, 3.05) is 0 Å². The fraction of sp³-hybridized carbons (Fsp3) is 0.188. The van der Waals surface area contributed by atoms with Crippen molar-refractivity contribution in [3.05, 3.63) is 52.5 Å². The van der Waals surface area contributed by atoms with Gasteiger partial charge in [0.25, 0.3) is 5.95 Å². The number of aliphatic hydroxyl groups is 1. The first kappa shape index (κ1) is 17.6. The molecule has 25 heavy (non-hydrogen) atoms. The number of aliphatic hydroxyl groups excluding tert-OH is 1. The van der Waals surface area contributed by atoms with Crippen LogP contribution in [-0.4, -0.2) is 31.2 Å². The third kappa shape index (κ3) is 3.57. The van der Waals surface area contributed by atoms with Crippen molar-refractivity contribution in [3.63, 3.8) is 0 Å². The number of aromatic nitrogens is 4. The van der Waals surface area contributed by atoms with Gasteiger partial charge in [-0.2, -0.15) is 9.19 Å². The molecule has 0 saturated carbocycles. The van der Waals surface area contributed by atoms with Gasteiger partial charge in [0.05, 0.1) is 18.3 Å². The molecule has 0 fully saturated rings. The Balaban J connectivity index is 2.03. The Bertz CT molecular complexity index is 912. The van der Waals surface area contributed by atoms with Crippen LogP contribution in [0.1, 0.15) is 6.92 Å². The molecule has 0 saturated heterocycles. The van der Waals surface area contributed by atoms with Crippen molar-refractivity contribution in [1.29, 1.82) is 0 Å². The largest absolute Gasteiger partial charge is 0.391 e. The molecule has 3 aromatic rings. The second-order valence-corrected chi connectivity index (χ2v) is 6.31. The number of pyridine rings is 1. The first-order valence-corrected chi connectivity index (χ1v) is 8.05. The van der Waals surface area contributed by atoms with E-state index >= 15 is 0 Å². The molecule has 2 heterocycles. The minimum absolute atomic E-state index is 0.0504. The molecule has 2 aromatic heterocycles. The van der Waals surface area contributed by atoms with Crippen LogP contribution in [0.4, 0.5) is 13.2 Å². The summed E-state index contributed by atoms with van der Waals surface area (Å²) < 4.78 is 43.5. The summed E-state index contributed by atoms with van der Waals surface area (Å²) in [5.41, 5.74) is -0.588. The molecular weight excluding hydrogens is 401 g/mol. The summed E-state index contributed by atoms with van der Waals surface area (Å²) in [6.45, 7) is 1.41. The first-order valence-electron chi connectivity index (χ1n) is 7.26. The van der Waals surface area contributed by atoms with Crippen LogP contribution in [0.2, 0.25) is 0 Å². The summed E-state index contributed by atoms with van der Waals surface area (Å²) in [6, 6.07) is 5.70. The molecule has 1 N–H and O–H groups in total. The zero-order valence-corrected chi connectivity index (χ0v) is 14.5. The van der Waals surface area contributed by atoms with Gasteiger partial charge < -0.3 is 5.11 Å². The maximum absolute atomic E-state index is 14.5. The number of hydrogen-bond acceptors (Lipinski definition) is 4. The van der Waals surface area contributed by atoms with Crippen LogP contribution in [0.3, 0.4) is 0 Å². The average Bonchev–Trinajstić information content (AvgIpc) is 2.90. The first-order chi connectivity index (χ1) is 11.9. The lowest BCUT2D eigenvalue weighted by molar-refractivity contribution is 0.161. The Hall–Kier alpha value is -2.26. The minimum atomic E-state index is -1.25. The molecule has 0 spiro atoms. The molecule has 0 aliphatic rings. The number of rotatable bonds is 4. The number of benzene rings is 1. The number of hydrogen-bond donors (Lipinski definition) is 1. The predicted octanol–water partition coefficient (Wildman–Crippen LogP) is 3.57. The van der Waals surface area contributed by atoms with E-state index in [4.69, 9.17) is 0 Å². The van der Waals surface area contributed by atoms with Crippen molar-refractivity contribution in [3.8, 4) is 22.5 Å². The minimum Gasteiger partial charge on any atom is -0.391 e. The summed E-state index contributed by atoms with van der Waals surface area (Å²) in [7, 11) is 0. The van der Waals surface area contributed by atoms with E-state index in [1.807, 2.05) is 0 Å². The monoisotopic (exact) mass is 412 g/mol. The van der Waals surface area contributed by atoms with Crippen molar-refractivity contribution in [2.45, 2.75) is 19.6 Å². The van der Waals surface area contributed by atoms with Crippen LogP contribution in [-0.2, 0) is 6.54 Å². The Morgan fingerprint density at radius 3 is 2.40 bits per heavy atom. The van der Waals surface area contributed by atoms with Crippen LogP contribution in [0.15, 0.2) is 34.9 Å². The van der Waals surface area contributed by atoms with Crippen molar-refractivity contribution in [1.82, 2.24) is 20.0 Å². The third-order valence-electron chi connectivity index (χ3n) is 3.38. The highest BCUT2D eigenvalue weighted by Crippen LogP contribution is 2.31. The van der Waals surface area contributed by atoms with Gasteiger partial charge in [-0.1, -0.05) is 0 Å². The van der Waals surface area contributed by atoms with Gasteiger partial charge >= 0.3 is 0 Å². The summed E-state index contributed by atoms with van der Waals surface area (Å²) >= 11 is 3.21. The van der Waals surface area contributed by atoms with Gasteiger partial charge in [0, 0.05) is 21.8 Å². The molecule has 0 aliphatic heterocycles. The lowest BCUT2D eigenvalue weighted by Gasteiger charge is -2.07. The van der Waals surface area contributed by atoms with Gasteiger partial charge in [-0.15, -0.1) is 10.2 Å². The molecule has 5 nitrogen and oxygen atoms in total. The highest BCUT2D eigenvalue weighted by molar-refractivity contribution is 9.10. The van der Waals surface area contributed by atoms with Crippen LogP contribution < -0.4 is 0 Å².